The summed E-state index contributed by atoms with van der Waals surface area (Å²) in [5.74, 6) is 0. The summed E-state index contributed by atoms with van der Waals surface area (Å²) in [6.45, 7) is 2.47. The average Bonchev–Trinajstić information content (AvgIpc) is 3.05. The minimum Gasteiger partial charge on any atom is -0.756 e. The van der Waals surface area contributed by atoms with E-state index in [1.54, 1.807) is 0 Å². The lowest BCUT2D eigenvalue weighted by atomic mass is 10.1. The molecule has 0 aromatic rings. The average molecular weight is 518 g/mol. The van der Waals surface area contributed by atoms with Gasteiger partial charge in [-0.2, -0.15) is 0 Å². The van der Waals surface area contributed by atoms with Crippen molar-refractivity contribution >= 4 is 15.6 Å². The van der Waals surface area contributed by atoms with Gasteiger partial charge in [-0.25, -0.2) is 0 Å². The molecule has 1 saturated heterocycles. The molecule has 2 unspecified atom stereocenters. The maximum absolute atomic E-state index is 12.1. The Bertz CT molecular complexity index is 605. The van der Waals surface area contributed by atoms with E-state index >= 15 is 0 Å². The molecule has 2 N–H and O–H groups in total. The maximum atomic E-state index is 12.1. The molecule has 33 heavy (non-hydrogen) atoms. The highest BCUT2D eigenvalue weighted by atomic mass is 31.2. The Hall–Kier alpha value is 0.1000. The van der Waals surface area contributed by atoms with Crippen molar-refractivity contribution < 1.29 is 52.0 Å². The summed E-state index contributed by atoms with van der Waals surface area (Å²) in [6.07, 6.45) is 5.60. The molecule has 5 atom stereocenters. The third-order valence-corrected chi connectivity index (χ3v) is 7.16. The molecule has 198 valence electrons. The van der Waals surface area contributed by atoms with Crippen molar-refractivity contribution in [2.24, 2.45) is 0 Å². The normalized spacial score (nSPS) is 24.8. The number of unbranched alkanes of at least 4 members (excludes halogenated alkanes) is 9. The highest BCUT2D eigenvalue weighted by Gasteiger charge is 2.40. The Morgan fingerprint density at radius 2 is 1.45 bits per heavy atom. The first-order chi connectivity index (χ1) is 15.6. The molecule has 1 rings (SSSR count). The van der Waals surface area contributed by atoms with Crippen LogP contribution in [0.4, 0.5) is 0 Å². The number of phosphoric acid groups is 2. The second kappa shape index (κ2) is 16.7. The zero-order valence-corrected chi connectivity index (χ0v) is 21.5. The van der Waals surface area contributed by atoms with Gasteiger partial charge in [0.15, 0.2) is 0 Å². The van der Waals surface area contributed by atoms with Gasteiger partial charge in [0.25, 0.3) is 15.6 Å². The molecule has 1 fully saturated rings. The van der Waals surface area contributed by atoms with Crippen LogP contribution in [-0.4, -0.2) is 61.1 Å². The summed E-state index contributed by atoms with van der Waals surface area (Å²) in [6, 6.07) is 0. The number of hydrogen-bond acceptors (Lipinski definition) is 11. The number of ether oxygens (including phenoxy) is 1. The third kappa shape index (κ3) is 15.0. The topological polar surface area (TPSA) is 167 Å². The summed E-state index contributed by atoms with van der Waals surface area (Å²) in [4.78, 5) is 23.8. The molecule has 0 aliphatic carbocycles. The van der Waals surface area contributed by atoms with Crippen LogP contribution >= 0.6 is 15.6 Å². The molecule has 1 aliphatic rings. The largest absolute Gasteiger partial charge is 0.756 e. The van der Waals surface area contributed by atoms with Crippen LogP contribution in [0, 0.1) is 0 Å². The van der Waals surface area contributed by atoms with Gasteiger partial charge in [-0.15, -0.1) is 0 Å². The summed E-state index contributed by atoms with van der Waals surface area (Å²) in [5, 5.41) is 18.7. The van der Waals surface area contributed by atoms with Crippen LogP contribution in [0.25, 0.3) is 0 Å². The molecule has 1 heterocycles. The second-order valence-corrected chi connectivity index (χ2v) is 11.2. The quantitative estimate of drug-likeness (QED) is 0.179. The molecule has 0 radical (unpaired) electrons. The van der Waals surface area contributed by atoms with Gasteiger partial charge in [-0.3, -0.25) is 9.13 Å². The van der Waals surface area contributed by atoms with Crippen molar-refractivity contribution in [3.8, 4) is 0 Å². The first-order valence-corrected chi connectivity index (χ1v) is 14.7. The van der Waals surface area contributed by atoms with Gasteiger partial charge in [-0.05, 0) is 26.7 Å². The van der Waals surface area contributed by atoms with Crippen LogP contribution in [0.1, 0.15) is 78.1 Å². The van der Waals surface area contributed by atoms with Crippen molar-refractivity contribution in [1.29, 1.82) is 0 Å². The van der Waals surface area contributed by atoms with Crippen LogP contribution < -0.4 is 9.79 Å². The van der Waals surface area contributed by atoms with E-state index in [0.717, 1.165) is 51.4 Å². The van der Waals surface area contributed by atoms with E-state index in [1.807, 2.05) is 0 Å². The van der Waals surface area contributed by atoms with E-state index in [2.05, 4.69) is 4.52 Å². The monoisotopic (exact) mass is 518 g/mol. The zero-order chi connectivity index (χ0) is 24.7. The standard InChI is InChI=1S/C20H42O11P2/c1-17(2)30-33(25,26)29-16-19-20(18(22)15-27-19)31-32(23,24)28-14-12-10-8-6-4-3-5-7-9-11-13-21/h17-22H,3-16H2,1-2H3,(H,23,24)(H,25,26)/p-2/t18-,19+,20-/m0/s1. The summed E-state index contributed by atoms with van der Waals surface area (Å²) < 4.78 is 48.2. The summed E-state index contributed by atoms with van der Waals surface area (Å²) >= 11 is 0. The van der Waals surface area contributed by atoms with Crippen LogP contribution in [0.2, 0.25) is 0 Å². The number of hydrogen-bond donors (Lipinski definition) is 2. The zero-order valence-electron chi connectivity index (χ0n) is 19.7. The van der Waals surface area contributed by atoms with Crippen LogP contribution in [0.15, 0.2) is 0 Å². The maximum Gasteiger partial charge on any atom is 0.268 e. The molecule has 0 amide bonds. The van der Waals surface area contributed by atoms with E-state index in [9.17, 15) is 24.0 Å². The Balaban J connectivity index is 2.23. The van der Waals surface area contributed by atoms with Crippen molar-refractivity contribution in [3.05, 3.63) is 0 Å². The minimum atomic E-state index is -4.73. The smallest absolute Gasteiger partial charge is 0.268 e. The van der Waals surface area contributed by atoms with Crippen molar-refractivity contribution in [1.82, 2.24) is 0 Å². The lowest BCUT2D eigenvalue weighted by molar-refractivity contribution is -0.236. The SMILES string of the molecule is CC(C)OP(=O)([O-])OC[C@H]1OC[C@H](O)[C@@H]1OP(=O)([O-])OCCCCCCCCCCCCO. The predicted molar refractivity (Wildman–Crippen MR) is 117 cm³/mol. The van der Waals surface area contributed by atoms with E-state index in [-0.39, 0.29) is 19.8 Å². The van der Waals surface area contributed by atoms with Crippen LogP contribution in [-0.2, 0) is 32.0 Å². The number of rotatable bonds is 20. The van der Waals surface area contributed by atoms with Crippen LogP contribution in [0.5, 0.6) is 0 Å². The van der Waals surface area contributed by atoms with Crippen molar-refractivity contribution in [2.75, 3.05) is 26.4 Å². The van der Waals surface area contributed by atoms with E-state index in [1.165, 1.54) is 20.3 Å². The Morgan fingerprint density at radius 3 is 2.00 bits per heavy atom. The molecular weight excluding hydrogens is 478 g/mol. The number of phosphoric ester groups is 2. The highest BCUT2D eigenvalue weighted by molar-refractivity contribution is 7.46. The van der Waals surface area contributed by atoms with Crippen molar-refractivity contribution in [2.45, 2.75) is 102 Å². The first kappa shape index (κ1) is 31.1. The Kier molecular flexibility index (Phi) is 15.8. The van der Waals surface area contributed by atoms with Gasteiger partial charge < -0.3 is 42.8 Å². The fourth-order valence-corrected chi connectivity index (χ4v) is 5.27. The van der Waals surface area contributed by atoms with Gasteiger partial charge >= 0.3 is 0 Å². The molecule has 0 aromatic carbocycles. The number of aliphatic hydroxyl groups is 2. The lowest BCUT2D eigenvalue weighted by Crippen LogP contribution is -2.37. The molecule has 1 aliphatic heterocycles. The van der Waals surface area contributed by atoms with E-state index < -0.39 is 46.7 Å². The Labute approximate surface area is 197 Å². The minimum absolute atomic E-state index is 0.0369. The molecule has 0 saturated carbocycles. The van der Waals surface area contributed by atoms with Gasteiger partial charge in [0.1, 0.15) is 18.3 Å². The van der Waals surface area contributed by atoms with Crippen LogP contribution in [0.3, 0.4) is 0 Å². The summed E-state index contributed by atoms with van der Waals surface area (Å²) in [5.41, 5.74) is 0. The molecule has 13 heteroatoms. The lowest BCUT2D eigenvalue weighted by Gasteiger charge is -2.31. The van der Waals surface area contributed by atoms with Gasteiger partial charge in [0, 0.05) is 6.61 Å². The fourth-order valence-electron chi connectivity index (χ4n) is 3.38. The highest BCUT2D eigenvalue weighted by Crippen LogP contribution is 2.44. The van der Waals surface area contributed by atoms with Crippen molar-refractivity contribution in [3.63, 3.8) is 0 Å². The predicted octanol–water partition coefficient (Wildman–Crippen LogP) is 2.42. The van der Waals surface area contributed by atoms with Gasteiger partial charge in [0.05, 0.1) is 25.9 Å². The number of aliphatic hydroxyl groups excluding tert-OH is 2. The molecular formula is C20H40O11P2-2. The first-order valence-electron chi connectivity index (χ1n) is 11.7. The Morgan fingerprint density at radius 1 is 0.909 bits per heavy atom. The molecule has 0 bridgehead atoms. The molecule has 11 nitrogen and oxygen atoms in total. The molecule has 0 spiro atoms. The third-order valence-electron chi connectivity index (χ3n) is 5.02. The van der Waals surface area contributed by atoms with Gasteiger partial charge in [-0.1, -0.05) is 51.4 Å². The van der Waals surface area contributed by atoms with E-state index in [4.69, 9.17) is 23.4 Å². The summed E-state index contributed by atoms with van der Waals surface area (Å²) in [7, 11) is -9.32. The fraction of sp³-hybridized carbons (Fsp3) is 1.00. The van der Waals surface area contributed by atoms with E-state index in [0.29, 0.717) is 6.42 Å². The second-order valence-electron chi connectivity index (χ2n) is 8.45. The van der Waals surface area contributed by atoms with Gasteiger partial charge in [0.2, 0.25) is 0 Å². The molecule has 0 aromatic heterocycles.